The zero-order chi connectivity index (χ0) is 18.7. The number of hydrogen-bond donors (Lipinski definition) is 2. The Hall–Kier alpha value is -1.75. The number of nitrogens with two attached hydrogens (primary N) is 1. The third-order valence-electron chi connectivity index (χ3n) is 4.86. The van der Waals surface area contributed by atoms with Gasteiger partial charge in [0.25, 0.3) is 0 Å². The second-order valence-corrected chi connectivity index (χ2v) is 6.68. The quantitative estimate of drug-likeness (QED) is 0.393. The lowest BCUT2D eigenvalue weighted by Crippen LogP contribution is -2.39. The molecular weight excluding hydrogens is 465 g/mol. The van der Waals surface area contributed by atoms with E-state index in [9.17, 15) is 8.78 Å². The van der Waals surface area contributed by atoms with E-state index in [1.807, 2.05) is 17.8 Å². The Morgan fingerprint density at radius 1 is 1.33 bits per heavy atom. The fraction of sp³-hybridized carbons (Fsp3) is 0.444. The SMILES string of the molecule is CN1CCC[C@@H](CN=C(N)Nc2cc(F)ccc2F)[C@@H]1c1ccnn1C.I. The van der Waals surface area contributed by atoms with Crippen molar-refractivity contribution in [2.75, 3.05) is 25.5 Å². The minimum Gasteiger partial charge on any atom is -0.370 e. The van der Waals surface area contributed by atoms with Gasteiger partial charge in [-0.2, -0.15) is 5.10 Å². The Morgan fingerprint density at radius 3 is 2.81 bits per heavy atom. The topological polar surface area (TPSA) is 71.5 Å². The molecular formula is C18H25F2IN6. The van der Waals surface area contributed by atoms with E-state index in [1.165, 1.54) is 0 Å². The van der Waals surface area contributed by atoms with E-state index in [0.717, 1.165) is 43.3 Å². The highest BCUT2D eigenvalue weighted by Gasteiger charge is 2.32. The summed E-state index contributed by atoms with van der Waals surface area (Å²) in [6.45, 7) is 1.51. The summed E-state index contributed by atoms with van der Waals surface area (Å²) in [5, 5.41) is 6.91. The van der Waals surface area contributed by atoms with Crippen molar-refractivity contribution in [2.45, 2.75) is 18.9 Å². The van der Waals surface area contributed by atoms with Crippen LogP contribution in [0.5, 0.6) is 0 Å². The number of guanidine groups is 1. The van der Waals surface area contributed by atoms with Gasteiger partial charge in [0.15, 0.2) is 5.96 Å². The number of nitrogens with zero attached hydrogens (tertiary/aromatic N) is 4. The molecule has 1 aliphatic heterocycles. The third-order valence-corrected chi connectivity index (χ3v) is 4.86. The summed E-state index contributed by atoms with van der Waals surface area (Å²) in [6.07, 6.45) is 3.89. The number of anilines is 1. The van der Waals surface area contributed by atoms with Crippen LogP contribution in [0.3, 0.4) is 0 Å². The fourth-order valence-corrected chi connectivity index (χ4v) is 3.58. The van der Waals surface area contributed by atoms with Crippen LogP contribution in [-0.2, 0) is 7.05 Å². The van der Waals surface area contributed by atoms with Crippen LogP contribution < -0.4 is 11.1 Å². The minimum atomic E-state index is -0.574. The molecule has 0 saturated carbocycles. The molecule has 0 aliphatic carbocycles. The number of aryl methyl sites for hydroxylation is 1. The van der Waals surface area contributed by atoms with Crippen LogP contribution >= 0.6 is 24.0 Å². The molecule has 148 valence electrons. The standard InChI is InChI=1S/C18H24F2N6.HI/c1-25-9-3-4-12(17(25)16-7-8-23-26(16)2)11-22-18(21)24-15-10-13(19)5-6-14(15)20;/h5-8,10,12,17H,3-4,9,11H2,1-2H3,(H3,21,22,24);1H/t12-,17+;/m0./s1. The van der Waals surface area contributed by atoms with Gasteiger partial charge in [-0.05, 0) is 50.6 Å². The molecule has 0 unspecified atom stereocenters. The third kappa shape index (κ3) is 5.16. The van der Waals surface area contributed by atoms with Gasteiger partial charge in [-0.25, -0.2) is 8.78 Å². The lowest BCUT2D eigenvalue weighted by atomic mass is 9.87. The van der Waals surface area contributed by atoms with Crippen molar-refractivity contribution < 1.29 is 8.78 Å². The van der Waals surface area contributed by atoms with Crippen molar-refractivity contribution >= 4 is 35.6 Å². The number of benzene rings is 1. The van der Waals surface area contributed by atoms with Gasteiger partial charge in [-0.3, -0.25) is 14.6 Å². The Balaban J connectivity index is 0.00000261. The summed E-state index contributed by atoms with van der Waals surface area (Å²) in [7, 11) is 4.03. The maximum absolute atomic E-state index is 13.7. The lowest BCUT2D eigenvalue weighted by Gasteiger charge is -2.38. The van der Waals surface area contributed by atoms with Crippen molar-refractivity contribution in [1.82, 2.24) is 14.7 Å². The maximum Gasteiger partial charge on any atom is 0.193 e. The minimum absolute atomic E-state index is 0. The zero-order valence-electron chi connectivity index (χ0n) is 15.4. The summed E-state index contributed by atoms with van der Waals surface area (Å²) in [5.41, 5.74) is 7.01. The normalized spacial score (nSPS) is 21.0. The Kier molecular flexibility index (Phi) is 7.54. The molecule has 3 N–H and O–H groups in total. The molecule has 0 bridgehead atoms. The molecule has 1 aliphatic rings. The smallest absolute Gasteiger partial charge is 0.193 e. The first kappa shape index (κ1) is 21.5. The van der Waals surface area contributed by atoms with Crippen molar-refractivity contribution in [3.63, 3.8) is 0 Å². The average molecular weight is 490 g/mol. The molecule has 2 heterocycles. The van der Waals surface area contributed by atoms with Crippen LogP contribution in [0.25, 0.3) is 0 Å². The van der Waals surface area contributed by atoms with Crippen LogP contribution in [0.15, 0.2) is 35.5 Å². The molecule has 9 heteroatoms. The van der Waals surface area contributed by atoms with E-state index in [4.69, 9.17) is 5.73 Å². The van der Waals surface area contributed by atoms with E-state index in [1.54, 1.807) is 6.20 Å². The van der Waals surface area contributed by atoms with Crippen LogP contribution in [0, 0.1) is 17.6 Å². The first-order chi connectivity index (χ1) is 12.5. The van der Waals surface area contributed by atoms with Gasteiger partial charge >= 0.3 is 0 Å². The van der Waals surface area contributed by atoms with E-state index < -0.39 is 11.6 Å². The zero-order valence-corrected chi connectivity index (χ0v) is 17.7. The molecule has 1 aromatic heterocycles. The highest BCUT2D eigenvalue weighted by Crippen LogP contribution is 2.34. The molecule has 2 aromatic rings. The molecule has 0 spiro atoms. The molecule has 1 aromatic carbocycles. The molecule has 1 fully saturated rings. The fourth-order valence-electron chi connectivity index (χ4n) is 3.58. The van der Waals surface area contributed by atoms with Crippen molar-refractivity contribution in [1.29, 1.82) is 0 Å². The van der Waals surface area contributed by atoms with Gasteiger partial charge in [0, 0.05) is 25.9 Å². The average Bonchev–Trinajstić information content (AvgIpc) is 3.02. The Bertz CT molecular complexity index is 794. The molecule has 27 heavy (non-hydrogen) atoms. The first-order valence-electron chi connectivity index (χ1n) is 8.66. The number of aliphatic imine (C=N–C) groups is 1. The predicted molar refractivity (Wildman–Crippen MR) is 113 cm³/mol. The number of nitrogens with one attached hydrogen (secondary N) is 1. The summed E-state index contributed by atoms with van der Waals surface area (Å²) in [5.74, 6) is -0.769. The number of aromatic nitrogens is 2. The van der Waals surface area contributed by atoms with E-state index >= 15 is 0 Å². The molecule has 0 radical (unpaired) electrons. The van der Waals surface area contributed by atoms with Crippen LogP contribution in [-0.4, -0.2) is 40.8 Å². The number of likely N-dealkylation sites (tertiary alicyclic amines) is 1. The Morgan fingerprint density at radius 2 is 2.11 bits per heavy atom. The van der Waals surface area contributed by atoms with Crippen molar-refractivity contribution in [2.24, 2.45) is 23.7 Å². The second kappa shape index (κ2) is 9.45. The molecule has 0 amide bonds. The summed E-state index contributed by atoms with van der Waals surface area (Å²) in [6, 6.07) is 5.39. The summed E-state index contributed by atoms with van der Waals surface area (Å²) < 4.78 is 28.9. The number of rotatable bonds is 4. The number of piperidine rings is 1. The highest BCUT2D eigenvalue weighted by molar-refractivity contribution is 14.0. The van der Waals surface area contributed by atoms with E-state index in [0.29, 0.717) is 6.54 Å². The number of hydrogen-bond acceptors (Lipinski definition) is 3. The van der Waals surface area contributed by atoms with Gasteiger partial charge in [0.05, 0.1) is 17.4 Å². The van der Waals surface area contributed by atoms with Crippen LogP contribution in [0.1, 0.15) is 24.6 Å². The maximum atomic E-state index is 13.7. The summed E-state index contributed by atoms with van der Waals surface area (Å²) in [4.78, 5) is 6.68. The van der Waals surface area contributed by atoms with Crippen LogP contribution in [0.4, 0.5) is 14.5 Å². The first-order valence-corrected chi connectivity index (χ1v) is 8.66. The number of halogens is 3. The second-order valence-electron chi connectivity index (χ2n) is 6.68. The molecule has 3 rings (SSSR count). The van der Waals surface area contributed by atoms with E-state index in [-0.39, 0.29) is 47.6 Å². The Labute approximate surface area is 174 Å². The predicted octanol–water partition coefficient (Wildman–Crippen LogP) is 3.13. The lowest BCUT2D eigenvalue weighted by molar-refractivity contribution is 0.119. The molecule has 2 atom stereocenters. The molecule has 1 saturated heterocycles. The van der Waals surface area contributed by atoms with Crippen molar-refractivity contribution in [3.05, 3.63) is 47.8 Å². The summed E-state index contributed by atoms with van der Waals surface area (Å²) >= 11 is 0. The highest BCUT2D eigenvalue weighted by atomic mass is 127. The van der Waals surface area contributed by atoms with Crippen LogP contribution in [0.2, 0.25) is 0 Å². The van der Waals surface area contributed by atoms with Gasteiger partial charge in [0.1, 0.15) is 11.6 Å². The largest absolute Gasteiger partial charge is 0.370 e. The van der Waals surface area contributed by atoms with Gasteiger partial charge < -0.3 is 11.1 Å². The van der Waals surface area contributed by atoms with Gasteiger partial charge in [-0.1, -0.05) is 0 Å². The van der Waals surface area contributed by atoms with Gasteiger partial charge in [0.2, 0.25) is 0 Å². The monoisotopic (exact) mass is 490 g/mol. The van der Waals surface area contributed by atoms with Crippen molar-refractivity contribution in [3.8, 4) is 0 Å². The van der Waals surface area contributed by atoms with E-state index in [2.05, 4.69) is 27.4 Å². The van der Waals surface area contributed by atoms with Gasteiger partial charge in [-0.15, -0.1) is 24.0 Å². The molecule has 6 nitrogen and oxygen atoms in total.